The fourth-order valence-corrected chi connectivity index (χ4v) is 7.69. The molecule has 234 valence electrons. The number of sulfonamides is 1. The molecule has 3 aromatic rings. The number of nitrogens with zero attached hydrogens (tertiary/aromatic N) is 3. The van der Waals surface area contributed by atoms with Crippen LogP contribution in [0.2, 0.25) is 10.0 Å². The maximum absolute atomic E-state index is 14.4. The number of halogens is 2. The second kappa shape index (κ2) is 13.0. The number of benzene rings is 2. The molecular formula is C31H35Cl2N5O5S. The van der Waals surface area contributed by atoms with Crippen LogP contribution in [0.4, 0.5) is 0 Å². The number of hydrogen-bond acceptors (Lipinski definition) is 6. The number of carbonyl (C=O) groups excluding carboxylic acids is 2. The molecule has 2 amide bonds. The lowest BCUT2D eigenvalue weighted by molar-refractivity contribution is -0.124. The van der Waals surface area contributed by atoms with Crippen LogP contribution in [0.25, 0.3) is 0 Å². The molecule has 2 heterocycles. The highest BCUT2D eigenvalue weighted by Crippen LogP contribution is 2.47. The minimum atomic E-state index is -3.59. The first-order valence-electron chi connectivity index (χ1n) is 14.6. The van der Waals surface area contributed by atoms with Crippen molar-refractivity contribution in [2.75, 3.05) is 6.26 Å². The predicted molar refractivity (Wildman–Crippen MR) is 169 cm³/mol. The third kappa shape index (κ3) is 6.71. The van der Waals surface area contributed by atoms with Gasteiger partial charge in [0.15, 0.2) is 0 Å². The van der Waals surface area contributed by atoms with Gasteiger partial charge in [0, 0.05) is 33.8 Å². The van der Waals surface area contributed by atoms with Crippen molar-refractivity contribution in [1.29, 1.82) is 0 Å². The standard InChI is InChI=1S/C31H35Cl2N5O5S/c1-18(2)38-27(39)15-13-20(35-38)17-34-30(40)28-21-8-4-5-9-22(21)31(41)37(29(28)23-14-12-19(32)16-24(23)33)26-11-7-6-10-25(26)36-44(3,42)43/h4-5,8-9,12-16,18,25-26,28-29,36H,6-7,10-11,17H2,1-3H3,(H,34,40)/t25-,26?,28+,29-/m0/s1. The van der Waals surface area contributed by atoms with E-state index in [-0.39, 0.29) is 35.0 Å². The summed E-state index contributed by atoms with van der Waals surface area (Å²) in [5, 5.41) is 8.06. The molecular weight excluding hydrogens is 625 g/mol. The predicted octanol–water partition coefficient (Wildman–Crippen LogP) is 4.59. The quantitative estimate of drug-likeness (QED) is 0.364. The first kappa shape index (κ1) is 32.2. The lowest BCUT2D eigenvalue weighted by Crippen LogP contribution is -2.59. The van der Waals surface area contributed by atoms with Crippen LogP contribution in [-0.2, 0) is 21.4 Å². The fraction of sp³-hybridized carbons (Fsp3) is 0.419. The Morgan fingerprint density at radius 3 is 2.45 bits per heavy atom. The maximum Gasteiger partial charge on any atom is 0.266 e. The summed E-state index contributed by atoms with van der Waals surface area (Å²) in [7, 11) is -3.59. The van der Waals surface area contributed by atoms with E-state index in [0.717, 1.165) is 19.1 Å². The maximum atomic E-state index is 14.4. The molecule has 4 atom stereocenters. The van der Waals surface area contributed by atoms with Crippen LogP contribution in [0.1, 0.15) is 84.7 Å². The molecule has 5 rings (SSSR count). The number of amides is 2. The third-order valence-electron chi connectivity index (χ3n) is 8.21. The zero-order chi connectivity index (χ0) is 31.8. The third-order valence-corrected chi connectivity index (χ3v) is 9.50. The largest absolute Gasteiger partial charge is 0.350 e. The molecule has 2 aliphatic rings. The van der Waals surface area contributed by atoms with E-state index in [1.807, 2.05) is 13.8 Å². The van der Waals surface area contributed by atoms with Crippen molar-refractivity contribution in [1.82, 2.24) is 24.7 Å². The Labute approximate surface area is 266 Å². The number of aromatic nitrogens is 2. The van der Waals surface area contributed by atoms with E-state index in [4.69, 9.17) is 23.2 Å². The highest BCUT2D eigenvalue weighted by Gasteiger charge is 2.49. The van der Waals surface area contributed by atoms with Crippen LogP contribution >= 0.6 is 23.2 Å². The van der Waals surface area contributed by atoms with Crippen LogP contribution in [0.3, 0.4) is 0 Å². The van der Waals surface area contributed by atoms with E-state index in [9.17, 15) is 22.8 Å². The molecule has 2 N–H and O–H groups in total. The zero-order valence-corrected chi connectivity index (χ0v) is 27.0. The second-order valence-corrected chi connectivity index (χ2v) is 14.3. The van der Waals surface area contributed by atoms with Gasteiger partial charge >= 0.3 is 0 Å². The van der Waals surface area contributed by atoms with Gasteiger partial charge in [0.05, 0.1) is 36.5 Å². The summed E-state index contributed by atoms with van der Waals surface area (Å²) in [4.78, 5) is 42.6. The van der Waals surface area contributed by atoms with E-state index in [2.05, 4.69) is 15.1 Å². The van der Waals surface area contributed by atoms with Crippen LogP contribution in [0.5, 0.6) is 0 Å². The first-order chi connectivity index (χ1) is 20.9. The van der Waals surface area contributed by atoms with Crippen molar-refractivity contribution < 1.29 is 18.0 Å². The minimum Gasteiger partial charge on any atom is -0.350 e. The molecule has 0 saturated heterocycles. The van der Waals surface area contributed by atoms with Crippen molar-refractivity contribution in [3.05, 3.63) is 97.4 Å². The van der Waals surface area contributed by atoms with Crippen molar-refractivity contribution in [3.63, 3.8) is 0 Å². The summed E-state index contributed by atoms with van der Waals surface area (Å²) < 4.78 is 28.9. The van der Waals surface area contributed by atoms with Crippen molar-refractivity contribution in [2.45, 2.75) is 76.2 Å². The van der Waals surface area contributed by atoms with Crippen LogP contribution < -0.4 is 15.6 Å². The minimum absolute atomic E-state index is 0.0429. The molecule has 1 aromatic heterocycles. The van der Waals surface area contributed by atoms with Gasteiger partial charge in [-0.25, -0.2) is 17.8 Å². The van der Waals surface area contributed by atoms with E-state index < -0.39 is 34.1 Å². The van der Waals surface area contributed by atoms with E-state index >= 15 is 0 Å². The molecule has 0 bridgehead atoms. The number of nitrogens with one attached hydrogen (secondary N) is 2. The van der Waals surface area contributed by atoms with E-state index in [1.54, 1.807) is 53.4 Å². The Bertz CT molecular complexity index is 1750. The Morgan fingerprint density at radius 1 is 1.02 bits per heavy atom. The second-order valence-electron chi connectivity index (χ2n) is 11.7. The van der Waals surface area contributed by atoms with Crippen LogP contribution in [0.15, 0.2) is 59.4 Å². The molecule has 13 heteroatoms. The molecule has 1 aliphatic carbocycles. The zero-order valence-electron chi connectivity index (χ0n) is 24.7. The molecule has 1 aliphatic heterocycles. The topological polar surface area (TPSA) is 130 Å². The first-order valence-corrected chi connectivity index (χ1v) is 17.2. The van der Waals surface area contributed by atoms with Gasteiger partial charge < -0.3 is 10.2 Å². The number of carbonyl (C=O) groups is 2. The molecule has 1 unspecified atom stereocenters. The Morgan fingerprint density at radius 2 is 1.75 bits per heavy atom. The van der Waals surface area contributed by atoms with Crippen molar-refractivity contribution >= 4 is 45.0 Å². The van der Waals surface area contributed by atoms with Crippen molar-refractivity contribution in [2.24, 2.45) is 0 Å². The summed E-state index contributed by atoms with van der Waals surface area (Å²) in [6, 6.07) is 12.8. The highest BCUT2D eigenvalue weighted by atomic mass is 35.5. The summed E-state index contributed by atoms with van der Waals surface area (Å²) in [5.74, 6) is -1.59. The van der Waals surface area contributed by atoms with Gasteiger partial charge in [0.2, 0.25) is 15.9 Å². The molecule has 1 saturated carbocycles. The molecule has 10 nitrogen and oxygen atoms in total. The molecule has 2 aromatic carbocycles. The van der Waals surface area contributed by atoms with Gasteiger partial charge in [-0.1, -0.05) is 60.3 Å². The van der Waals surface area contributed by atoms with Gasteiger partial charge in [-0.2, -0.15) is 5.10 Å². The monoisotopic (exact) mass is 659 g/mol. The number of rotatable bonds is 8. The van der Waals surface area contributed by atoms with Gasteiger partial charge in [0.1, 0.15) is 0 Å². The molecule has 0 radical (unpaired) electrons. The summed E-state index contributed by atoms with van der Waals surface area (Å²) in [6.45, 7) is 3.74. The lowest BCUT2D eigenvalue weighted by Gasteiger charge is -2.49. The number of hydrogen-bond donors (Lipinski definition) is 2. The van der Waals surface area contributed by atoms with Gasteiger partial charge in [-0.05, 0) is 62.1 Å². The normalized spacial score (nSPS) is 22.1. The van der Waals surface area contributed by atoms with Gasteiger partial charge in [0.25, 0.3) is 11.5 Å². The van der Waals surface area contributed by atoms with E-state index in [0.29, 0.717) is 40.2 Å². The van der Waals surface area contributed by atoms with Crippen LogP contribution in [0, 0.1) is 0 Å². The SMILES string of the molecule is CC(C)n1nc(CNC(=O)[C@@H]2c3ccccc3C(=O)N(C3CCCC[C@@H]3NS(C)(=O)=O)[C@H]2c2ccc(Cl)cc2Cl)ccc1=O. The smallest absolute Gasteiger partial charge is 0.266 e. The molecule has 44 heavy (non-hydrogen) atoms. The Hall–Kier alpha value is -3.25. The van der Waals surface area contributed by atoms with Gasteiger partial charge in [-0.15, -0.1) is 0 Å². The Kier molecular flexibility index (Phi) is 9.50. The fourth-order valence-electron chi connectivity index (χ4n) is 6.34. The number of fused-ring (bicyclic) bond motifs is 1. The molecule has 0 spiro atoms. The summed E-state index contributed by atoms with van der Waals surface area (Å²) in [6.07, 6.45) is 3.76. The summed E-state index contributed by atoms with van der Waals surface area (Å²) in [5.41, 5.74) is 1.67. The average Bonchev–Trinajstić information content (AvgIpc) is 2.96. The summed E-state index contributed by atoms with van der Waals surface area (Å²) >= 11 is 13.0. The van der Waals surface area contributed by atoms with Gasteiger partial charge in [-0.3, -0.25) is 14.4 Å². The average molecular weight is 661 g/mol. The molecule has 1 fully saturated rings. The van der Waals surface area contributed by atoms with Crippen LogP contribution in [-0.4, -0.2) is 53.3 Å². The van der Waals surface area contributed by atoms with Crippen molar-refractivity contribution in [3.8, 4) is 0 Å². The lowest BCUT2D eigenvalue weighted by atomic mass is 9.76. The van der Waals surface area contributed by atoms with E-state index in [1.165, 1.54) is 10.7 Å². The highest BCUT2D eigenvalue weighted by molar-refractivity contribution is 7.88. The Balaban J connectivity index is 1.62.